The third kappa shape index (κ3) is 5.08. The van der Waals surface area contributed by atoms with Gasteiger partial charge in [-0.3, -0.25) is 14.5 Å². The highest BCUT2D eigenvalue weighted by molar-refractivity contribution is 6.00. The zero-order valence-corrected chi connectivity index (χ0v) is 21.5. The van der Waals surface area contributed by atoms with E-state index in [4.69, 9.17) is 4.74 Å². The van der Waals surface area contributed by atoms with Crippen molar-refractivity contribution in [3.8, 4) is 0 Å². The molecule has 1 aromatic heterocycles. The molecule has 6 heteroatoms. The fourth-order valence-electron chi connectivity index (χ4n) is 5.34. The molecule has 0 unspecified atom stereocenters. The van der Waals surface area contributed by atoms with Crippen molar-refractivity contribution in [1.29, 1.82) is 0 Å². The van der Waals surface area contributed by atoms with E-state index in [0.717, 1.165) is 16.7 Å². The Hall–Kier alpha value is -4.29. The molecule has 38 heavy (non-hydrogen) atoms. The van der Waals surface area contributed by atoms with Crippen LogP contribution >= 0.6 is 0 Å². The summed E-state index contributed by atoms with van der Waals surface area (Å²) >= 11 is 0. The molecule has 0 N–H and O–H groups in total. The standard InChI is InChI=1S/C32H31N3O3/c1-2-38-31(37)23-34-22-29(33-24-34)20-25-21-35(19-18-30(25)36)32(26-12-6-3-7-13-26,27-14-8-4-9-15-27)28-16-10-5-11-17-28/h3-17,20,22,24H,2,18-19,21,23H2,1H3/b25-20-. The van der Waals surface area contributed by atoms with Crippen LogP contribution in [0.4, 0.5) is 0 Å². The van der Waals surface area contributed by atoms with Crippen LogP contribution in [-0.2, 0) is 26.4 Å². The molecule has 0 amide bonds. The number of hydrogen-bond donors (Lipinski definition) is 0. The van der Waals surface area contributed by atoms with Crippen molar-refractivity contribution in [2.45, 2.75) is 25.4 Å². The van der Waals surface area contributed by atoms with Crippen LogP contribution < -0.4 is 0 Å². The second kappa shape index (κ2) is 11.4. The van der Waals surface area contributed by atoms with Gasteiger partial charge in [-0.2, -0.15) is 0 Å². The fourth-order valence-corrected chi connectivity index (χ4v) is 5.34. The zero-order chi connectivity index (χ0) is 26.4. The van der Waals surface area contributed by atoms with Gasteiger partial charge in [-0.05, 0) is 29.7 Å². The Bertz CT molecular complexity index is 1320. The zero-order valence-electron chi connectivity index (χ0n) is 21.5. The minimum Gasteiger partial charge on any atom is -0.465 e. The Labute approximate surface area is 223 Å². The van der Waals surface area contributed by atoms with Crippen molar-refractivity contribution < 1.29 is 14.3 Å². The lowest BCUT2D eigenvalue weighted by atomic mass is 9.74. The quantitative estimate of drug-likeness (QED) is 0.189. The monoisotopic (exact) mass is 505 g/mol. The molecule has 1 aliphatic heterocycles. The third-order valence-corrected chi connectivity index (χ3v) is 6.97. The summed E-state index contributed by atoms with van der Waals surface area (Å²) in [5, 5.41) is 0. The number of esters is 1. The summed E-state index contributed by atoms with van der Waals surface area (Å²) < 4.78 is 6.71. The number of hydrogen-bond acceptors (Lipinski definition) is 5. The number of carbonyl (C=O) groups is 2. The number of Topliss-reactive ketones (excluding diaryl/α,β-unsaturated/α-hetero) is 1. The molecule has 0 saturated carbocycles. The van der Waals surface area contributed by atoms with Crippen molar-refractivity contribution >= 4 is 17.8 Å². The molecule has 0 aliphatic carbocycles. The average molecular weight is 506 g/mol. The normalized spacial score (nSPS) is 15.5. The van der Waals surface area contributed by atoms with Crippen molar-refractivity contribution in [3.63, 3.8) is 0 Å². The lowest BCUT2D eigenvalue weighted by molar-refractivity contribution is -0.143. The lowest BCUT2D eigenvalue weighted by Gasteiger charge is -2.47. The van der Waals surface area contributed by atoms with E-state index in [-0.39, 0.29) is 18.3 Å². The predicted molar refractivity (Wildman–Crippen MR) is 147 cm³/mol. The molecule has 0 atom stereocenters. The Morgan fingerprint density at radius 2 is 1.47 bits per heavy atom. The first-order chi connectivity index (χ1) is 18.6. The minimum absolute atomic E-state index is 0.0865. The molecular weight excluding hydrogens is 474 g/mol. The van der Waals surface area contributed by atoms with Crippen LogP contribution in [0.2, 0.25) is 0 Å². The van der Waals surface area contributed by atoms with E-state index >= 15 is 0 Å². The van der Waals surface area contributed by atoms with Gasteiger partial charge in [0.25, 0.3) is 0 Å². The first-order valence-corrected chi connectivity index (χ1v) is 12.9. The number of ether oxygens (including phenoxy) is 1. The number of ketones is 1. The molecule has 5 rings (SSSR count). The molecule has 1 fully saturated rings. The molecule has 2 heterocycles. The lowest BCUT2D eigenvalue weighted by Crippen LogP contribution is -2.52. The van der Waals surface area contributed by atoms with Gasteiger partial charge in [0, 0.05) is 31.3 Å². The highest BCUT2D eigenvalue weighted by Crippen LogP contribution is 2.43. The number of benzene rings is 3. The molecule has 4 aromatic rings. The topological polar surface area (TPSA) is 64.4 Å². The summed E-state index contributed by atoms with van der Waals surface area (Å²) in [6.07, 6.45) is 5.62. The van der Waals surface area contributed by atoms with Gasteiger partial charge in [-0.15, -0.1) is 0 Å². The number of aromatic nitrogens is 2. The maximum atomic E-state index is 13.1. The summed E-state index contributed by atoms with van der Waals surface area (Å²) in [6, 6.07) is 31.5. The van der Waals surface area contributed by atoms with E-state index in [9.17, 15) is 9.59 Å². The van der Waals surface area contributed by atoms with Gasteiger partial charge < -0.3 is 9.30 Å². The molecule has 0 spiro atoms. The molecule has 0 radical (unpaired) electrons. The maximum absolute atomic E-state index is 13.1. The first kappa shape index (κ1) is 25.4. The van der Waals surface area contributed by atoms with Gasteiger partial charge in [0.05, 0.1) is 24.2 Å². The summed E-state index contributed by atoms with van der Waals surface area (Å²) in [5.74, 6) is -0.202. The number of rotatable bonds is 8. The van der Waals surface area contributed by atoms with E-state index in [0.29, 0.717) is 37.4 Å². The van der Waals surface area contributed by atoms with E-state index in [1.54, 1.807) is 24.0 Å². The summed E-state index contributed by atoms with van der Waals surface area (Å²) in [4.78, 5) is 31.8. The average Bonchev–Trinajstić information content (AvgIpc) is 3.39. The molecule has 192 valence electrons. The van der Waals surface area contributed by atoms with Crippen LogP contribution in [-0.4, -0.2) is 45.9 Å². The second-order valence-electron chi connectivity index (χ2n) is 9.35. The summed E-state index contributed by atoms with van der Waals surface area (Å²) in [5.41, 5.74) is 4.18. The van der Waals surface area contributed by atoms with Crippen LogP contribution in [0.3, 0.4) is 0 Å². The number of likely N-dealkylation sites (tertiary alicyclic amines) is 1. The molecule has 0 bridgehead atoms. The van der Waals surface area contributed by atoms with E-state index < -0.39 is 5.54 Å². The third-order valence-electron chi connectivity index (χ3n) is 6.97. The smallest absolute Gasteiger partial charge is 0.325 e. The predicted octanol–water partition coefficient (Wildman–Crippen LogP) is 5.10. The van der Waals surface area contributed by atoms with Gasteiger partial charge in [0.2, 0.25) is 0 Å². The number of carbonyl (C=O) groups excluding carboxylic acids is 2. The van der Waals surface area contributed by atoms with Crippen LogP contribution in [0.5, 0.6) is 0 Å². The van der Waals surface area contributed by atoms with Crippen LogP contribution in [0.25, 0.3) is 6.08 Å². The van der Waals surface area contributed by atoms with E-state index in [1.165, 1.54) is 0 Å². The fraction of sp³-hybridized carbons (Fsp3) is 0.219. The highest BCUT2D eigenvalue weighted by atomic mass is 16.5. The Balaban J connectivity index is 1.57. The maximum Gasteiger partial charge on any atom is 0.325 e. The van der Waals surface area contributed by atoms with Crippen molar-refractivity contribution in [2.75, 3.05) is 19.7 Å². The van der Waals surface area contributed by atoms with Crippen LogP contribution in [0, 0.1) is 0 Å². The first-order valence-electron chi connectivity index (χ1n) is 12.9. The van der Waals surface area contributed by atoms with Gasteiger partial charge in [-0.25, -0.2) is 4.98 Å². The van der Waals surface area contributed by atoms with Gasteiger partial charge in [-0.1, -0.05) is 91.0 Å². The number of nitrogens with zero attached hydrogens (tertiary/aromatic N) is 3. The number of imidazole rings is 1. The Kier molecular flexibility index (Phi) is 7.61. The van der Waals surface area contributed by atoms with Crippen molar-refractivity contribution in [1.82, 2.24) is 14.5 Å². The van der Waals surface area contributed by atoms with Gasteiger partial charge >= 0.3 is 5.97 Å². The molecule has 3 aromatic carbocycles. The van der Waals surface area contributed by atoms with E-state index in [2.05, 4.69) is 82.7 Å². The van der Waals surface area contributed by atoms with E-state index in [1.807, 2.05) is 24.3 Å². The van der Waals surface area contributed by atoms with Crippen molar-refractivity contribution in [3.05, 3.63) is 131 Å². The van der Waals surface area contributed by atoms with Crippen molar-refractivity contribution in [2.24, 2.45) is 0 Å². The largest absolute Gasteiger partial charge is 0.465 e. The molecule has 1 saturated heterocycles. The van der Waals surface area contributed by atoms with Crippen LogP contribution in [0.15, 0.2) is 109 Å². The SMILES string of the molecule is CCOC(=O)Cn1cnc(/C=C2/CN(C(c3ccccc3)(c3ccccc3)c3ccccc3)CCC2=O)c1. The van der Waals surface area contributed by atoms with Gasteiger partial charge in [0.15, 0.2) is 5.78 Å². The van der Waals surface area contributed by atoms with Crippen LogP contribution in [0.1, 0.15) is 35.7 Å². The number of piperidine rings is 1. The minimum atomic E-state index is -0.590. The Morgan fingerprint density at radius 1 is 0.921 bits per heavy atom. The second-order valence-corrected chi connectivity index (χ2v) is 9.35. The molecule has 6 nitrogen and oxygen atoms in total. The molecular formula is C32H31N3O3. The summed E-state index contributed by atoms with van der Waals surface area (Å²) in [7, 11) is 0. The van der Waals surface area contributed by atoms with Gasteiger partial charge in [0.1, 0.15) is 6.54 Å². The molecule has 1 aliphatic rings. The highest BCUT2D eigenvalue weighted by Gasteiger charge is 2.44. The Morgan fingerprint density at radius 3 is 2.00 bits per heavy atom. The summed E-state index contributed by atoms with van der Waals surface area (Å²) in [6.45, 7) is 3.28.